The van der Waals surface area contributed by atoms with Crippen molar-refractivity contribution in [3.05, 3.63) is 65.7 Å². The molecule has 1 fully saturated rings. The van der Waals surface area contributed by atoms with Gasteiger partial charge in [-0.05, 0) is 50.7 Å². The molecule has 1 aliphatic heterocycles. The number of methoxy groups -OCH3 is 1. The third-order valence-corrected chi connectivity index (χ3v) is 6.80. The largest absolute Gasteiger partial charge is 0.497 e. The fourth-order valence-electron chi connectivity index (χ4n) is 4.32. The first kappa shape index (κ1) is 25.9. The van der Waals surface area contributed by atoms with E-state index in [-0.39, 0.29) is 18.8 Å². The third kappa shape index (κ3) is 7.37. The monoisotopic (exact) mass is 474 g/mol. The quantitative estimate of drug-likeness (QED) is 0.458. The van der Waals surface area contributed by atoms with E-state index >= 15 is 0 Å². The van der Waals surface area contributed by atoms with Gasteiger partial charge in [0.25, 0.3) is 0 Å². The topological polar surface area (TPSA) is 66.4 Å². The second kappa shape index (κ2) is 11.6. The molecule has 7 heteroatoms. The second-order valence-corrected chi connectivity index (χ2v) is 14.1. The number of hydrogen-bond acceptors (Lipinski definition) is 6. The molecule has 0 amide bonds. The van der Waals surface area contributed by atoms with Crippen molar-refractivity contribution in [1.82, 2.24) is 0 Å². The Morgan fingerprint density at radius 1 is 1.09 bits per heavy atom. The van der Waals surface area contributed by atoms with Gasteiger partial charge in [-0.15, -0.1) is 0 Å². The van der Waals surface area contributed by atoms with Crippen LogP contribution in [0.1, 0.15) is 37.2 Å². The van der Waals surface area contributed by atoms with Crippen LogP contribution in [0.4, 0.5) is 0 Å². The molecule has 0 spiro atoms. The third-order valence-electron chi connectivity index (χ3n) is 5.72. The Kier molecular flexibility index (Phi) is 9.09. The fraction of sp³-hybridized carbons (Fsp3) is 0.538. The molecular formula is C26H38O6Si. The summed E-state index contributed by atoms with van der Waals surface area (Å²) in [5.74, 6) is 0.806. The lowest BCUT2D eigenvalue weighted by Gasteiger charge is -2.46. The summed E-state index contributed by atoms with van der Waals surface area (Å²) in [5, 5.41) is 9.92. The molecule has 1 heterocycles. The molecule has 0 bridgehead atoms. The minimum absolute atomic E-state index is 0.00864. The van der Waals surface area contributed by atoms with Gasteiger partial charge in [0.05, 0.1) is 32.0 Å². The smallest absolute Gasteiger partial charge is 0.184 e. The highest BCUT2D eigenvalue weighted by Crippen LogP contribution is 2.36. The van der Waals surface area contributed by atoms with Gasteiger partial charge in [-0.2, -0.15) is 0 Å². The number of ether oxygens (including phenoxy) is 4. The van der Waals surface area contributed by atoms with Gasteiger partial charge in [-0.1, -0.05) is 42.5 Å². The second-order valence-electron chi connectivity index (χ2n) is 9.66. The lowest BCUT2D eigenvalue weighted by Crippen LogP contribution is -2.56. The van der Waals surface area contributed by atoms with Crippen LogP contribution in [-0.4, -0.2) is 51.6 Å². The molecule has 1 saturated heterocycles. The number of hydrogen-bond donors (Lipinski definition) is 1. The molecule has 0 aromatic heterocycles. The first-order chi connectivity index (χ1) is 15.7. The van der Waals surface area contributed by atoms with E-state index < -0.39 is 20.2 Å². The molecule has 0 aliphatic carbocycles. The summed E-state index contributed by atoms with van der Waals surface area (Å²) >= 11 is 0. The molecule has 0 saturated carbocycles. The molecule has 6 nitrogen and oxygen atoms in total. The van der Waals surface area contributed by atoms with Gasteiger partial charge in [0.2, 0.25) is 0 Å². The fourth-order valence-corrected chi connectivity index (χ4v) is 5.94. The number of benzene rings is 2. The predicted molar refractivity (Wildman–Crippen MR) is 131 cm³/mol. The highest BCUT2D eigenvalue weighted by molar-refractivity contribution is 6.69. The van der Waals surface area contributed by atoms with Crippen molar-refractivity contribution in [3.63, 3.8) is 0 Å². The van der Waals surface area contributed by atoms with Crippen LogP contribution < -0.4 is 4.74 Å². The van der Waals surface area contributed by atoms with Crippen LogP contribution in [0.2, 0.25) is 19.6 Å². The summed E-state index contributed by atoms with van der Waals surface area (Å²) in [6.45, 7) is 9.48. The molecule has 33 heavy (non-hydrogen) atoms. The molecular weight excluding hydrogens is 436 g/mol. The highest BCUT2D eigenvalue weighted by Gasteiger charge is 2.46. The molecule has 182 valence electrons. The Balaban J connectivity index is 1.85. The predicted octanol–water partition coefficient (Wildman–Crippen LogP) is 5.08. The first-order valence-corrected chi connectivity index (χ1v) is 15.0. The SMILES string of the molecule is COc1ccc(CO[C@@H]([C@@H]2CCO[C@H](c3ccccc3)O2)[C@@](C)(CCO)O[Si](C)(C)C)cc1. The van der Waals surface area contributed by atoms with Gasteiger partial charge in [0.15, 0.2) is 14.6 Å². The molecule has 0 radical (unpaired) electrons. The van der Waals surface area contributed by atoms with Gasteiger partial charge in [0, 0.05) is 18.6 Å². The van der Waals surface area contributed by atoms with Crippen molar-refractivity contribution in [2.24, 2.45) is 0 Å². The Morgan fingerprint density at radius 2 is 1.79 bits per heavy atom. The molecule has 3 rings (SSSR count). The summed E-state index contributed by atoms with van der Waals surface area (Å²) in [4.78, 5) is 0. The normalized spacial score (nSPS) is 21.9. The van der Waals surface area contributed by atoms with E-state index in [2.05, 4.69) is 19.6 Å². The maximum atomic E-state index is 9.92. The van der Waals surface area contributed by atoms with E-state index in [1.807, 2.05) is 61.5 Å². The number of aliphatic hydroxyl groups excluding tert-OH is 1. The van der Waals surface area contributed by atoms with Gasteiger partial charge < -0.3 is 28.5 Å². The van der Waals surface area contributed by atoms with Crippen molar-refractivity contribution in [1.29, 1.82) is 0 Å². The van der Waals surface area contributed by atoms with E-state index in [0.29, 0.717) is 26.1 Å². The molecule has 1 N–H and O–H groups in total. The van der Waals surface area contributed by atoms with E-state index in [1.165, 1.54) is 0 Å². The minimum atomic E-state index is -1.95. The molecule has 1 aliphatic rings. The van der Waals surface area contributed by atoms with Gasteiger partial charge >= 0.3 is 0 Å². The highest BCUT2D eigenvalue weighted by atomic mass is 28.4. The zero-order valence-corrected chi connectivity index (χ0v) is 21.5. The summed E-state index contributed by atoms with van der Waals surface area (Å²) in [7, 11) is -0.298. The van der Waals surface area contributed by atoms with Crippen LogP contribution in [0, 0.1) is 0 Å². The van der Waals surface area contributed by atoms with Crippen LogP contribution in [0.3, 0.4) is 0 Å². The zero-order chi connectivity index (χ0) is 23.9. The van der Waals surface area contributed by atoms with E-state index in [4.69, 9.17) is 23.4 Å². The molecule has 4 atom stereocenters. The maximum Gasteiger partial charge on any atom is 0.184 e. The summed E-state index contributed by atoms with van der Waals surface area (Å²) in [5.41, 5.74) is 1.31. The van der Waals surface area contributed by atoms with Crippen LogP contribution >= 0.6 is 0 Å². The number of rotatable bonds is 11. The Morgan fingerprint density at radius 3 is 2.39 bits per heavy atom. The molecule has 2 aromatic carbocycles. The summed E-state index contributed by atoms with van der Waals surface area (Å²) in [6, 6.07) is 17.8. The zero-order valence-electron chi connectivity index (χ0n) is 20.5. The average molecular weight is 475 g/mol. The average Bonchev–Trinajstić information content (AvgIpc) is 2.79. The lowest BCUT2D eigenvalue weighted by molar-refractivity contribution is -0.265. The van der Waals surface area contributed by atoms with E-state index in [1.54, 1.807) is 7.11 Å². The molecule has 0 unspecified atom stereocenters. The lowest BCUT2D eigenvalue weighted by atomic mass is 9.89. The van der Waals surface area contributed by atoms with Crippen molar-refractivity contribution in [2.45, 2.75) is 70.1 Å². The first-order valence-electron chi connectivity index (χ1n) is 11.6. The van der Waals surface area contributed by atoms with Crippen LogP contribution in [0.25, 0.3) is 0 Å². The maximum absolute atomic E-state index is 9.92. The van der Waals surface area contributed by atoms with Crippen LogP contribution in [0.15, 0.2) is 54.6 Å². The van der Waals surface area contributed by atoms with Gasteiger partial charge in [-0.25, -0.2) is 0 Å². The van der Waals surface area contributed by atoms with Gasteiger partial charge in [-0.3, -0.25) is 0 Å². The van der Waals surface area contributed by atoms with Crippen molar-refractivity contribution in [2.75, 3.05) is 20.3 Å². The van der Waals surface area contributed by atoms with Crippen molar-refractivity contribution >= 4 is 8.32 Å². The molecule has 2 aromatic rings. The van der Waals surface area contributed by atoms with Gasteiger partial charge in [0.1, 0.15) is 11.9 Å². The number of aliphatic hydroxyl groups is 1. The van der Waals surface area contributed by atoms with Crippen molar-refractivity contribution < 1.29 is 28.5 Å². The standard InChI is InChI=1S/C26H38O6Si/c1-26(16-17-27,32-33(3,4)5)24(30-19-20-11-13-22(28-2)14-12-20)23-15-18-29-25(31-23)21-9-7-6-8-10-21/h6-14,23-25,27H,15-19H2,1-5H3/t23-,24-,25-,26+/m0/s1. The van der Waals surface area contributed by atoms with E-state index in [9.17, 15) is 5.11 Å². The van der Waals surface area contributed by atoms with Crippen LogP contribution in [0.5, 0.6) is 5.75 Å². The Bertz CT molecular complexity index is 838. The van der Waals surface area contributed by atoms with E-state index in [0.717, 1.165) is 16.9 Å². The summed E-state index contributed by atoms with van der Waals surface area (Å²) < 4.78 is 30.9. The van der Waals surface area contributed by atoms with Crippen LogP contribution in [-0.2, 0) is 25.2 Å². The Labute approximate surface area is 198 Å². The summed E-state index contributed by atoms with van der Waals surface area (Å²) in [6.07, 6.45) is 0.0690. The minimum Gasteiger partial charge on any atom is -0.497 e. The van der Waals surface area contributed by atoms with Crippen molar-refractivity contribution in [3.8, 4) is 5.75 Å². The Hall–Kier alpha value is -1.74.